The Labute approximate surface area is 178 Å². The molecule has 31 heavy (non-hydrogen) atoms. The van der Waals surface area contributed by atoms with Crippen LogP contribution < -0.4 is 5.32 Å². The zero-order valence-electron chi connectivity index (χ0n) is 16.6. The van der Waals surface area contributed by atoms with Crippen LogP contribution in [0, 0.1) is 18.3 Å². The van der Waals surface area contributed by atoms with Crippen LogP contribution in [0.3, 0.4) is 0 Å². The van der Waals surface area contributed by atoms with Crippen molar-refractivity contribution in [3.8, 4) is 17.5 Å². The van der Waals surface area contributed by atoms with Crippen LogP contribution in [0.5, 0.6) is 0 Å². The lowest BCUT2D eigenvalue weighted by molar-refractivity contribution is 0.101. The second-order valence-corrected chi connectivity index (χ2v) is 8.88. The number of carbonyl (C=O) groups is 1. The highest BCUT2D eigenvalue weighted by Gasteiger charge is 2.22. The molecule has 0 bridgehead atoms. The lowest BCUT2D eigenvalue weighted by atomic mass is 10.1. The van der Waals surface area contributed by atoms with E-state index < -0.39 is 15.7 Å². The SMILES string of the molecule is Cc1ccccc1-c1nc2cc(NC(=O)c3nc(C#N)ccc3S(C)(=O)=O)ccc2o1. The third kappa shape index (κ3) is 4.01. The molecule has 4 rings (SSSR count). The Morgan fingerprint density at radius 3 is 2.58 bits per heavy atom. The Hall–Kier alpha value is -4.03. The summed E-state index contributed by atoms with van der Waals surface area (Å²) in [7, 11) is -3.72. The van der Waals surface area contributed by atoms with Gasteiger partial charge in [-0.1, -0.05) is 18.2 Å². The van der Waals surface area contributed by atoms with Crippen LogP contribution in [0.1, 0.15) is 21.7 Å². The van der Waals surface area contributed by atoms with E-state index >= 15 is 0 Å². The molecule has 0 atom stereocenters. The standard InChI is InChI=1S/C22H16N4O4S/c1-13-5-3-4-6-16(13)22-26-17-11-14(7-9-18(17)30-22)25-21(27)20-19(31(2,28)29)10-8-15(12-23)24-20/h3-11H,1-2H3,(H,25,27). The molecule has 2 aromatic carbocycles. The minimum atomic E-state index is -3.72. The second kappa shape index (κ2) is 7.66. The van der Waals surface area contributed by atoms with Gasteiger partial charge in [-0.3, -0.25) is 4.79 Å². The number of anilines is 1. The van der Waals surface area contributed by atoms with Gasteiger partial charge in [-0.25, -0.2) is 18.4 Å². The maximum absolute atomic E-state index is 12.8. The zero-order chi connectivity index (χ0) is 22.2. The molecule has 1 N–H and O–H groups in total. The minimum Gasteiger partial charge on any atom is -0.436 e. The Kier molecular flexibility index (Phi) is 5.01. The van der Waals surface area contributed by atoms with E-state index in [4.69, 9.17) is 9.68 Å². The minimum absolute atomic E-state index is 0.0626. The predicted octanol–water partition coefficient (Wildman–Crippen LogP) is 3.73. The Balaban J connectivity index is 1.69. The topological polar surface area (TPSA) is 126 Å². The molecule has 8 nitrogen and oxygen atoms in total. The second-order valence-electron chi connectivity index (χ2n) is 6.90. The first-order valence-corrected chi connectivity index (χ1v) is 11.0. The van der Waals surface area contributed by atoms with Crippen molar-refractivity contribution in [1.82, 2.24) is 9.97 Å². The molecule has 0 aliphatic rings. The highest BCUT2D eigenvalue weighted by molar-refractivity contribution is 7.90. The molecule has 0 saturated carbocycles. The summed E-state index contributed by atoms with van der Waals surface area (Å²) < 4.78 is 29.9. The van der Waals surface area contributed by atoms with Gasteiger partial charge in [0.2, 0.25) is 5.89 Å². The van der Waals surface area contributed by atoms with Crippen LogP contribution in [0.4, 0.5) is 5.69 Å². The van der Waals surface area contributed by atoms with Crippen LogP contribution in [-0.2, 0) is 9.84 Å². The first-order chi connectivity index (χ1) is 14.8. The van der Waals surface area contributed by atoms with Gasteiger partial charge in [-0.15, -0.1) is 0 Å². The van der Waals surface area contributed by atoms with Gasteiger partial charge in [-0.05, 0) is 48.9 Å². The van der Waals surface area contributed by atoms with Crippen LogP contribution in [-0.4, -0.2) is 30.5 Å². The number of oxazole rings is 1. The van der Waals surface area contributed by atoms with Crippen molar-refractivity contribution in [2.45, 2.75) is 11.8 Å². The number of aromatic nitrogens is 2. The van der Waals surface area contributed by atoms with Crippen LogP contribution in [0.25, 0.3) is 22.6 Å². The number of nitriles is 1. The molecule has 0 spiro atoms. The van der Waals surface area contributed by atoms with Gasteiger partial charge in [0, 0.05) is 17.5 Å². The maximum atomic E-state index is 12.8. The molecular formula is C22H16N4O4S. The van der Waals surface area contributed by atoms with E-state index in [0.717, 1.165) is 17.4 Å². The predicted molar refractivity (Wildman–Crippen MR) is 114 cm³/mol. The van der Waals surface area contributed by atoms with Gasteiger partial charge in [-0.2, -0.15) is 5.26 Å². The first-order valence-electron chi connectivity index (χ1n) is 9.15. The van der Waals surface area contributed by atoms with E-state index in [-0.39, 0.29) is 16.3 Å². The number of nitrogens with zero attached hydrogens (tertiary/aromatic N) is 3. The number of aryl methyl sites for hydroxylation is 1. The highest BCUT2D eigenvalue weighted by atomic mass is 32.2. The average molecular weight is 432 g/mol. The van der Waals surface area contributed by atoms with Crippen LogP contribution in [0.15, 0.2) is 63.9 Å². The third-order valence-electron chi connectivity index (χ3n) is 4.61. The maximum Gasteiger partial charge on any atom is 0.275 e. The van der Waals surface area contributed by atoms with Gasteiger partial charge in [0.1, 0.15) is 23.0 Å². The Morgan fingerprint density at radius 2 is 1.87 bits per heavy atom. The monoisotopic (exact) mass is 432 g/mol. The van der Waals surface area contributed by atoms with Crippen molar-refractivity contribution in [3.05, 3.63) is 71.5 Å². The van der Waals surface area contributed by atoms with Crippen molar-refractivity contribution >= 4 is 32.5 Å². The van der Waals surface area contributed by atoms with E-state index in [1.807, 2.05) is 31.2 Å². The summed E-state index contributed by atoms with van der Waals surface area (Å²) in [6.45, 7) is 1.96. The van der Waals surface area contributed by atoms with Gasteiger partial charge in [0.05, 0.1) is 4.90 Å². The summed E-state index contributed by atoms with van der Waals surface area (Å²) in [6.07, 6.45) is 0.974. The molecular weight excluding hydrogens is 416 g/mol. The molecule has 4 aromatic rings. The highest BCUT2D eigenvalue weighted by Crippen LogP contribution is 2.28. The van der Waals surface area contributed by atoms with Gasteiger partial charge < -0.3 is 9.73 Å². The number of carbonyl (C=O) groups excluding carboxylic acids is 1. The van der Waals surface area contributed by atoms with E-state index in [1.165, 1.54) is 12.1 Å². The number of sulfone groups is 1. The van der Waals surface area contributed by atoms with E-state index in [9.17, 15) is 13.2 Å². The van der Waals surface area contributed by atoms with Crippen LogP contribution >= 0.6 is 0 Å². The lowest BCUT2D eigenvalue weighted by Gasteiger charge is -2.08. The largest absolute Gasteiger partial charge is 0.436 e. The number of nitrogens with one attached hydrogen (secondary N) is 1. The van der Waals surface area contributed by atoms with Gasteiger partial charge in [0.25, 0.3) is 5.91 Å². The molecule has 1 amide bonds. The van der Waals surface area contributed by atoms with Gasteiger partial charge in [0.15, 0.2) is 15.4 Å². The van der Waals surface area contributed by atoms with Crippen molar-refractivity contribution in [3.63, 3.8) is 0 Å². The van der Waals surface area contributed by atoms with E-state index in [2.05, 4.69) is 15.3 Å². The fourth-order valence-corrected chi connectivity index (χ4v) is 3.90. The summed E-state index contributed by atoms with van der Waals surface area (Å²) in [4.78, 5) is 20.9. The first kappa shape index (κ1) is 20.3. The average Bonchev–Trinajstić information content (AvgIpc) is 3.16. The number of benzene rings is 2. The summed E-state index contributed by atoms with van der Waals surface area (Å²) in [5, 5.41) is 11.7. The quantitative estimate of drug-likeness (QED) is 0.521. The molecule has 0 aliphatic heterocycles. The normalized spacial score (nSPS) is 11.3. The fraction of sp³-hybridized carbons (Fsp3) is 0.0909. The third-order valence-corrected chi connectivity index (χ3v) is 5.74. The zero-order valence-corrected chi connectivity index (χ0v) is 17.4. The number of hydrogen-bond donors (Lipinski definition) is 1. The summed E-state index contributed by atoms with van der Waals surface area (Å²) in [5.74, 6) is -0.293. The number of pyridine rings is 1. The number of rotatable bonds is 4. The molecule has 0 fully saturated rings. The molecule has 0 saturated heterocycles. The van der Waals surface area contributed by atoms with Crippen molar-refractivity contribution in [1.29, 1.82) is 5.26 Å². The summed E-state index contributed by atoms with van der Waals surface area (Å²) in [5.41, 5.74) is 2.91. The molecule has 2 aromatic heterocycles. The van der Waals surface area contributed by atoms with Crippen molar-refractivity contribution < 1.29 is 17.6 Å². The molecule has 9 heteroatoms. The van der Waals surface area contributed by atoms with Crippen molar-refractivity contribution in [2.75, 3.05) is 11.6 Å². The van der Waals surface area contributed by atoms with Crippen molar-refractivity contribution in [2.24, 2.45) is 0 Å². The Morgan fingerprint density at radius 1 is 1.10 bits per heavy atom. The van der Waals surface area contributed by atoms with Crippen LogP contribution in [0.2, 0.25) is 0 Å². The van der Waals surface area contributed by atoms with E-state index in [0.29, 0.717) is 22.7 Å². The molecule has 0 aliphatic carbocycles. The lowest BCUT2D eigenvalue weighted by Crippen LogP contribution is -2.18. The molecule has 0 unspecified atom stereocenters. The fourth-order valence-electron chi connectivity index (χ4n) is 3.09. The summed E-state index contributed by atoms with van der Waals surface area (Å²) >= 11 is 0. The van der Waals surface area contributed by atoms with Gasteiger partial charge >= 0.3 is 0 Å². The Bertz CT molecular complexity index is 1480. The smallest absolute Gasteiger partial charge is 0.275 e. The number of hydrogen-bond acceptors (Lipinski definition) is 7. The van der Waals surface area contributed by atoms with E-state index in [1.54, 1.807) is 24.3 Å². The number of amides is 1. The molecule has 2 heterocycles. The summed E-state index contributed by atoms with van der Waals surface area (Å²) in [6, 6.07) is 16.8. The molecule has 0 radical (unpaired) electrons. The molecule has 154 valence electrons. The number of fused-ring (bicyclic) bond motifs is 1.